The van der Waals surface area contributed by atoms with E-state index in [4.69, 9.17) is 31.7 Å². The third-order valence-electron chi connectivity index (χ3n) is 4.50. The van der Waals surface area contributed by atoms with Gasteiger partial charge in [0.2, 0.25) is 11.9 Å². The molecule has 3 aromatic rings. The van der Waals surface area contributed by atoms with Crippen LogP contribution in [0.15, 0.2) is 41.6 Å². The van der Waals surface area contributed by atoms with Crippen molar-refractivity contribution >= 4 is 23.4 Å². The Morgan fingerprint density at radius 1 is 1.21 bits per heavy atom. The monoisotopic (exact) mass is 432 g/mol. The summed E-state index contributed by atoms with van der Waals surface area (Å²) in [4.78, 5) is 0. The summed E-state index contributed by atoms with van der Waals surface area (Å²) in [5, 5.41) is 9.41. The highest BCUT2D eigenvalue weighted by Crippen LogP contribution is 2.40. The number of nitrogens with zero attached hydrogens (tertiary/aromatic N) is 3. The Labute approximate surface area is 178 Å². The average molecular weight is 433 g/mol. The first-order valence-corrected chi connectivity index (χ1v) is 10.5. The van der Waals surface area contributed by atoms with Crippen LogP contribution < -0.4 is 20.1 Å². The zero-order valence-corrected chi connectivity index (χ0v) is 17.7. The summed E-state index contributed by atoms with van der Waals surface area (Å²) in [7, 11) is 0. The molecule has 0 unspecified atom stereocenters. The number of rotatable bonds is 7. The van der Waals surface area contributed by atoms with Gasteiger partial charge in [-0.1, -0.05) is 49.3 Å². The highest BCUT2D eigenvalue weighted by molar-refractivity contribution is 7.98. The Bertz CT molecular complexity index is 1010. The van der Waals surface area contributed by atoms with Crippen molar-refractivity contribution in [1.82, 2.24) is 14.9 Å². The van der Waals surface area contributed by atoms with Gasteiger partial charge >= 0.3 is 0 Å². The van der Waals surface area contributed by atoms with Crippen molar-refractivity contribution < 1.29 is 14.2 Å². The van der Waals surface area contributed by atoms with E-state index in [0.717, 1.165) is 11.3 Å². The Balaban J connectivity index is 1.37. The SMILES string of the molecule is CC(C)c1ccc(OCc2nnc(SCc3cc(Cl)c4c(c3)OCO4)n2N)cc1. The minimum Gasteiger partial charge on any atom is -0.486 e. The first-order valence-electron chi connectivity index (χ1n) is 9.14. The number of benzene rings is 2. The fourth-order valence-corrected chi connectivity index (χ4v) is 3.95. The van der Waals surface area contributed by atoms with E-state index in [0.29, 0.717) is 39.2 Å². The zero-order chi connectivity index (χ0) is 20.4. The van der Waals surface area contributed by atoms with Crippen LogP contribution in [-0.2, 0) is 12.4 Å². The Morgan fingerprint density at radius 3 is 2.76 bits per heavy atom. The second-order valence-electron chi connectivity index (χ2n) is 6.88. The molecule has 0 saturated heterocycles. The topological polar surface area (TPSA) is 84.4 Å². The van der Waals surface area contributed by atoms with Gasteiger partial charge in [-0.15, -0.1) is 10.2 Å². The highest BCUT2D eigenvalue weighted by atomic mass is 35.5. The molecule has 7 nitrogen and oxygen atoms in total. The molecule has 0 atom stereocenters. The summed E-state index contributed by atoms with van der Waals surface area (Å²) in [5.41, 5.74) is 2.25. The van der Waals surface area contributed by atoms with Crippen LogP contribution in [0, 0.1) is 0 Å². The lowest BCUT2D eigenvalue weighted by atomic mass is 10.0. The molecule has 0 bridgehead atoms. The first-order chi connectivity index (χ1) is 14.0. The summed E-state index contributed by atoms with van der Waals surface area (Å²) >= 11 is 7.69. The van der Waals surface area contributed by atoms with Crippen LogP contribution in [0.2, 0.25) is 5.02 Å². The maximum Gasteiger partial charge on any atom is 0.231 e. The molecule has 0 amide bonds. The van der Waals surface area contributed by atoms with Gasteiger partial charge in [-0.05, 0) is 41.3 Å². The molecule has 2 N–H and O–H groups in total. The van der Waals surface area contributed by atoms with E-state index in [2.05, 4.69) is 36.2 Å². The zero-order valence-electron chi connectivity index (χ0n) is 16.1. The average Bonchev–Trinajstić information content (AvgIpc) is 3.32. The summed E-state index contributed by atoms with van der Waals surface area (Å²) in [6, 6.07) is 11.8. The molecule has 152 valence electrons. The lowest BCUT2D eigenvalue weighted by Crippen LogP contribution is -2.15. The van der Waals surface area contributed by atoms with E-state index in [1.54, 1.807) is 0 Å². The number of hydrogen-bond acceptors (Lipinski definition) is 7. The summed E-state index contributed by atoms with van der Waals surface area (Å²) in [6.45, 7) is 4.74. The minimum absolute atomic E-state index is 0.187. The highest BCUT2D eigenvalue weighted by Gasteiger charge is 2.19. The number of halogens is 1. The van der Waals surface area contributed by atoms with E-state index in [1.807, 2.05) is 24.3 Å². The number of nitrogen functional groups attached to an aromatic ring is 1. The third kappa shape index (κ3) is 4.38. The molecule has 9 heteroatoms. The van der Waals surface area contributed by atoms with Crippen LogP contribution in [-0.4, -0.2) is 21.7 Å². The predicted octanol–water partition coefficient (Wildman–Crippen LogP) is 4.37. The molecule has 0 saturated carbocycles. The van der Waals surface area contributed by atoms with Crippen LogP contribution in [0.5, 0.6) is 17.2 Å². The van der Waals surface area contributed by atoms with Crippen molar-refractivity contribution in [1.29, 1.82) is 0 Å². The molecule has 0 spiro atoms. The number of fused-ring (bicyclic) bond motifs is 1. The van der Waals surface area contributed by atoms with E-state index in [-0.39, 0.29) is 13.4 Å². The summed E-state index contributed by atoms with van der Waals surface area (Å²) in [6.07, 6.45) is 0. The number of thioether (sulfide) groups is 1. The standard InChI is InChI=1S/C20H21ClN4O3S/c1-12(2)14-3-5-15(6-4-14)26-9-18-23-24-20(25(18)22)29-10-13-7-16(21)19-17(8-13)27-11-28-19/h3-8,12H,9-11,22H2,1-2H3. The maximum atomic E-state index is 6.23. The van der Waals surface area contributed by atoms with E-state index in [9.17, 15) is 0 Å². The first kappa shape index (κ1) is 19.7. The second-order valence-corrected chi connectivity index (χ2v) is 8.23. The van der Waals surface area contributed by atoms with Gasteiger partial charge in [0.1, 0.15) is 12.4 Å². The molecule has 1 aromatic heterocycles. The van der Waals surface area contributed by atoms with Crippen molar-refractivity contribution in [3.8, 4) is 17.2 Å². The fourth-order valence-electron chi connectivity index (χ4n) is 2.85. The minimum atomic E-state index is 0.187. The maximum absolute atomic E-state index is 6.23. The molecule has 4 rings (SSSR count). The van der Waals surface area contributed by atoms with Gasteiger partial charge in [0.15, 0.2) is 17.3 Å². The predicted molar refractivity (Wildman–Crippen MR) is 112 cm³/mol. The van der Waals surface area contributed by atoms with Crippen LogP contribution in [0.1, 0.15) is 36.7 Å². The lowest BCUT2D eigenvalue weighted by Gasteiger charge is -2.09. The van der Waals surface area contributed by atoms with E-state index in [1.165, 1.54) is 22.0 Å². The van der Waals surface area contributed by atoms with Crippen LogP contribution in [0.4, 0.5) is 0 Å². The van der Waals surface area contributed by atoms with Gasteiger partial charge in [-0.2, -0.15) is 0 Å². The quantitative estimate of drug-likeness (QED) is 0.438. The van der Waals surface area contributed by atoms with Crippen molar-refractivity contribution in [2.45, 2.75) is 37.3 Å². The molecule has 2 aromatic carbocycles. The van der Waals surface area contributed by atoms with Crippen molar-refractivity contribution in [2.75, 3.05) is 12.6 Å². The molecule has 1 aliphatic rings. The molecular weight excluding hydrogens is 412 g/mol. The molecule has 0 fully saturated rings. The summed E-state index contributed by atoms with van der Waals surface area (Å²) < 4.78 is 18.0. The van der Waals surface area contributed by atoms with Crippen LogP contribution in [0.3, 0.4) is 0 Å². The number of ether oxygens (including phenoxy) is 3. The Kier molecular flexibility index (Phi) is 5.73. The second kappa shape index (κ2) is 8.42. The molecule has 0 aliphatic carbocycles. The molecule has 0 radical (unpaired) electrons. The number of aromatic nitrogens is 3. The van der Waals surface area contributed by atoms with E-state index < -0.39 is 0 Å². The van der Waals surface area contributed by atoms with Crippen molar-refractivity contribution in [2.24, 2.45) is 0 Å². The van der Waals surface area contributed by atoms with Gasteiger partial charge in [0, 0.05) is 5.75 Å². The van der Waals surface area contributed by atoms with Gasteiger partial charge < -0.3 is 20.1 Å². The third-order valence-corrected chi connectivity index (χ3v) is 5.80. The molecular formula is C20H21ClN4O3S. The molecule has 1 aliphatic heterocycles. The van der Waals surface area contributed by atoms with Gasteiger partial charge in [0.05, 0.1) is 5.02 Å². The van der Waals surface area contributed by atoms with Crippen LogP contribution >= 0.6 is 23.4 Å². The fraction of sp³-hybridized carbons (Fsp3) is 0.300. The van der Waals surface area contributed by atoms with Crippen molar-refractivity contribution in [3.05, 3.63) is 58.4 Å². The molecule has 2 heterocycles. The largest absolute Gasteiger partial charge is 0.486 e. The molecule has 29 heavy (non-hydrogen) atoms. The van der Waals surface area contributed by atoms with Gasteiger partial charge in [-0.3, -0.25) is 0 Å². The van der Waals surface area contributed by atoms with Gasteiger partial charge in [0.25, 0.3) is 0 Å². The van der Waals surface area contributed by atoms with Gasteiger partial charge in [-0.25, -0.2) is 4.68 Å². The van der Waals surface area contributed by atoms with Crippen molar-refractivity contribution in [3.63, 3.8) is 0 Å². The normalized spacial score (nSPS) is 12.6. The Morgan fingerprint density at radius 2 is 2.00 bits per heavy atom. The Hall–Kier alpha value is -2.58. The smallest absolute Gasteiger partial charge is 0.231 e. The summed E-state index contributed by atoms with van der Waals surface area (Å²) in [5.74, 6) is 9.78. The lowest BCUT2D eigenvalue weighted by molar-refractivity contribution is 0.174. The van der Waals surface area contributed by atoms with E-state index >= 15 is 0 Å². The number of nitrogens with two attached hydrogens (primary N) is 1. The van der Waals surface area contributed by atoms with Crippen LogP contribution in [0.25, 0.3) is 0 Å². The number of hydrogen-bond donors (Lipinski definition) is 1.